The largest absolute Gasteiger partial charge is 0.477 e. The average Bonchev–Trinajstić information content (AvgIpc) is 2.78. The van der Waals surface area contributed by atoms with E-state index in [9.17, 15) is 13.2 Å². The van der Waals surface area contributed by atoms with Crippen molar-refractivity contribution < 1.29 is 18.3 Å². The Morgan fingerprint density at radius 3 is 2.68 bits per heavy atom. The van der Waals surface area contributed by atoms with Gasteiger partial charge in [-0.05, 0) is 30.7 Å². The molecule has 2 rings (SSSR count). The van der Waals surface area contributed by atoms with Gasteiger partial charge in [0.15, 0.2) is 0 Å². The molecule has 0 aromatic carbocycles. The highest BCUT2D eigenvalue weighted by Gasteiger charge is 2.19. The van der Waals surface area contributed by atoms with Gasteiger partial charge in [-0.15, -0.1) is 11.3 Å². The Kier molecular flexibility index (Phi) is 3.54. The Morgan fingerprint density at radius 2 is 2.11 bits per heavy atom. The van der Waals surface area contributed by atoms with E-state index in [-0.39, 0.29) is 9.09 Å². The van der Waals surface area contributed by atoms with E-state index in [1.165, 1.54) is 18.3 Å². The quantitative estimate of drug-likeness (QED) is 0.899. The fraction of sp³-hybridized carbons (Fsp3) is 0.0909. The zero-order valence-corrected chi connectivity index (χ0v) is 11.5. The first-order chi connectivity index (χ1) is 8.88. The molecule has 0 radical (unpaired) electrons. The van der Waals surface area contributed by atoms with Crippen molar-refractivity contribution >= 4 is 33.0 Å². The highest BCUT2D eigenvalue weighted by molar-refractivity contribution is 7.94. The number of carboxylic acids is 1. The normalized spacial score (nSPS) is 11.2. The summed E-state index contributed by atoms with van der Waals surface area (Å²) in [7, 11) is -3.78. The molecule has 2 N–H and O–H groups in total. The summed E-state index contributed by atoms with van der Waals surface area (Å²) in [4.78, 5) is 14.6. The van der Waals surface area contributed by atoms with Crippen LogP contribution in [0, 0.1) is 6.92 Å². The van der Waals surface area contributed by atoms with Crippen molar-refractivity contribution in [3.8, 4) is 0 Å². The second-order valence-electron chi connectivity index (χ2n) is 3.78. The standard InChI is InChI=1S/C11H10N2O4S2/c1-7-4-8(6-12-5-7)13-19(16,17)10-3-2-9(18-10)11(14)15/h2-6,13H,1H3,(H,14,15). The number of rotatable bonds is 4. The molecule has 0 aliphatic heterocycles. The summed E-state index contributed by atoms with van der Waals surface area (Å²) >= 11 is 0.701. The van der Waals surface area contributed by atoms with Crippen molar-refractivity contribution in [2.45, 2.75) is 11.1 Å². The van der Waals surface area contributed by atoms with Crippen LogP contribution in [0.25, 0.3) is 0 Å². The molecule has 0 aliphatic carbocycles. The van der Waals surface area contributed by atoms with Gasteiger partial charge in [0.25, 0.3) is 10.0 Å². The van der Waals surface area contributed by atoms with Crippen LogP contribution < -0.4 is 4.72 Å². The number of aromatic nitrogens is 1. The third-order valence-electron chi connectivity index (χ3n) is 2.18. The van der Waals surface area contributed by atoms with Crippen LogP contribution >= 0.6 is 11.3 Å². The van der Waals surface area contributed by atoms with Gasteiger partial charge in [0.2, 0.25) is 0 Å². The Hall–Kier alpha value is -1.93. The third kappa shape index (κ3) is 3.09. The summed E-state index contributed by atoms with van der Waals surface area (Å²) in [6.45, 7) is 1.79. The number of carboxylic acid groups (broad SMARTS) is 1. The number of anilines is 1. The van der Waals surface area contributed by atoms with Gasteiger partial charge in [0.05, 0.1) is 11.9 Å². The van der Waals surface area contributed by atoms with Crippen LogP contribution in [0.3, 0.4) is 0 Å². The number of carbonyl (C=O) groups is 1. The van der Waals surface area contributed by atoms with Crippen LogP contribution in [-0.2, 0) is 10.0 Å². The van der Waals surface area contributed by atoms with Crippen molar-refractivity contribution in [2.75, 3.05) is 4.72 Å². The first-order valence-corrected chi connectivity index (χ1v) is 7.46. The van der Waals surface area contributed by atoms with Crippen LogP contribution in [-0.4, -0.2) is 24.5 Å². The zero-order valence-electron chi connectivity index (χ0n) is 9.82. The molecule has 100 valence electrons. The van der Waals surface area contributed by atoms with Gasteiger partial charge in [-0.3, -0.25) is 9.71 Å². The third-order valence-corrected chi connectivity index (χ3v) is 5.13. The molecule has 0 amide bonds. The van der Waals surface area contributed by atoms with E-state index in [0.29, 0.717) is 17.0 Å². The Balaban J connectivity index is 2.29. The lowest BCUT2D eigenvalue weighted by Gasteiger charge is -2.05. The van der Waals surface area contributed by atoms with Gasteiger partial charge in [-0.2, -0.15) is 0 Å². The number of sulfonamides is 1. The van der Waals surface area contributed by atoms with Crippen molar-refractivity contribution in [3.05, 3.63) is 41.0 Å². The van der Waals surface area contributed by atoms with Crippen molar-refractivity contribution in [2.24, 2.45) is 0 Å². The number of aromatic carboxylic acids is 1. The van der Waals surface area contributed by atoms with E-state index in [2.05, 4.69) is 9.71 Å². The molecule has 0 fully saturated rings. The number of aryl methyl sites for hydroxylation is 1. The molecule has 0 aliphatic rings. The molecule has 2 aromatic heterocycles. The minimum Gasteiger partial charge on any atom is -0.477 e. The van der Waals surface area contributed by atoms with E-state index >= 15 is 0 Å². The molecule has 0 saturated heterocycles. The monoisotopic (exact) mass is 298 g/mol. The first-order valence-electron chi connectivity index (χ1n) is 5.16. The van der Waals surface area contributed by atoms with E-state index < -0.39 is 16.0 Å². The lowest BCUT2D eigenvalue weighted by molar-refractivity contribution is 0.0702. The highest BCUT2D eigenvalue weighted by Crippen LogP contribution is 2.24. The van der Waals surface area contributed by atoms with Crippen molar-refractivity contribution in [1.29, 1.82) is 0 Å². The predicted octanol–water partition coefficient (Wildman–Crippen LogP) is 1.95. The molecule has 0 bridgehead atoms. The Bertz CT molecular complexity index is 722. The molecular formula is C11H10N2O4S2. The molecular weight excluding hydrogens is 288 g/mol. The number of thiophene rings is 1. The van der Waals surface area contributed by atoms with Crippen LogP contribution in [0.2, 0.25) is 0 Å². The molecule has 6 nitrogen and oxygen atoms in total. The predicted molar refractivity (Wildman–Crippen MR) is 71.1 cm³/mol. The minimum absolute atomic E-state index is 0.0252. The van der Waals surface area contributed by atoms with Crippen LogP contribution in [0.4, 0.5) is 5.69 Å². The molecule has 0 unspecified atom stereocenters. The number of nitrogens with one attached hydrogen (secondary N) is 1. The summed E-state index contributed by atoms with van der Waals surface area (Å²) in [5.74, 6) is -1.15. The van der Waals surface area contributed by atoms with Gasteiger partial charge in [-0.25, -0.2) is 13.2 Å². The highest BCUT2D eigenvalue weighted by atomic mass is 32.2. The lowest BCUT2D eigenvalue weighted by Crippen LogP contribution is -2.11. The van der Waals surface area contributed by atoms with E-state index in [1.54, 1.807) is 19.2 Å². The summed E-state index contributed by atoms with van der Waals surface area (Å²) < 4.78 is 26.4. The number of hydrogen-bond donors (Lipinski definition) is 2. The van der Waals surface area contributed by atoms with Crippen LogP contribution in [0.1, 0.15) is 15.2 Å². The van der Waals surface area contributed by atoms with Crippen molar-refractivity contribution in [3.63, 3.8) is 0 Å². The van der Waals surface area contributed by atoms with Gasteiger partial charge in [-0.1, -0.05) is 0 Å². The Morgan fingerprint density at radius 1 is 1.37 bits per heavy atom. The maximum atomic E-state index is 12.0. The molecule has 8 heteroatoms. The van der Waals surface area contributed by atoms with Crippen molar-refractivity contribution in [1.82, 2.24) is 4.98 Å². The maximum absolute atomic E-state index is 12.0. The second kappa shape index (κ2) is 4.98. The Labute approximate surface area is 113 Å². The van der Waals surface area contributed by atoms with Gasteiger partial charge in [0.1, 0.15) is 9.09 Å². The molecule has 19 heavy (non-hydrogen) atoms. The summed E-state index contributed by atoms with van der Waals surface area (Å²) in [6.07, 6.45) is 2.99. The van der Waals surface area contributed by atoms with Gasteiger partial charge < -0.3 is 5.11 Å². The smallest absolute Gasteiger partial charge is 0.345 e. The molecule has 2 aromatic rings. The molecule has 2 heterocycles. The maximum Gasteiger partial charge on any atom is 0.345 e. The number of pyridine rings is 1. The van der Waals surface area contributed by atoms with E-state index in [4.69, 9.17) is 5.11 Å². The SMILES string of the molecule is Cc1cncc(NS(=O)(=O)c2ccc(C(=O)O)s2)c1. The number of nitrogens with zero attached hydrogens (tertiary/aromatic N) is 1. The first kappa shape index (κ1) is 13.5. The number of hydrogen-bond acceptors (Lipinski definition) is 5. The van der Waals surface area contributed by atoms with E-state index in [0.717, 1.165) is 5.56 Å². The fourth-order valence-electron chi connectivity index (χ4n) is 1.40. The molecule has 0 atom stereocenters. The average molecular weight is 298 g/mol. The minimum atomic E-state index is -3.78. The van der Waals surface area contributed by atoms with Crippen LogP contribution in [0.15, 0.2) is 34.8 Å². The van der Waals surface area contributed by atoms with E-state index in [1.807, 2.05) is 0 Å². The second-order valence-corrected chi connectivity index (χ2v) is 6.77. The summed E-state index contributed by atoms with van der Waals surface area (Å²) in [6, 6.07) is 4.16. The molecule has 0 spiro atoms. The lowest BCUT2D eigenvalue weighted by atomic mass is 10.3. The van der Waals surface area contributed by atoms with Gasteiger partial charge in [0, 0.05) is 6.20 Å². The fourth-order valence-corrected chi connectivity index (χ4v) is 3.57. The summed E-state index contributed by atoms with van der Waals surface area (Å²) in [5.41, 5.74) is 1.16. The van der Waals surface area contributed by atoms with Crippen LogP contribution in [0.5, 0.6) is 0 Å². The van der Waals surface area contributed by atoms with Gasteiger partial charge >= 0.3 is 5.97 Å². The zero-order chi connectivity index (χ0) is 14.0. The molecule has 0 saturated carbocycles. The summed E-state index contributed by atoms with van der Waals surface area (Å²) in [5, 5.41) is 8.78. The topological polar surface area (TPSA) is 96.4 Å².